The molecular weight excluding hydrogens is 402 g/mol. The molecule has 2 fully saturated rings. The topological polar surface area (TPSA) is 29.1 Å². The highest BCUT2D eigenvalue weighted by atomic mass is 35.5. The minimum Gasteiger partial charge on any atom is -0.345 e. The van der Waals surface area contributed by atoms with Gasteiger partial charge in [-0.1, -0.05) is 82.6 Å². The number of amides is 1. The molecule has 0 aliphatic heterocycles. The largest absolute Gasteiger partial charge is 0.345 e. The fourth-order valence-corrected chi connectivity index (χ4v) is 6.45. The van der Waals surface area contributed by atoms with E-state index in [1.54, 1.807) is 0 Å². The number of benzene rings is 2. The highest BCUT2D eigenvalue weighted by Gasteiger charge is 2.59. The summed E-state index contributed by atoms with van der Waals surface area (Å²) in [6.45, 7) is 11.5. The zero-order chi connectivity index (χ0) is 22.4. The van der Waals surface area contributed by atoms with Crippen molar-refractivity contribution < 1.29 is 4.79 Å². The van der Waals surface area contributed by atoms with E-state index in [2.05, 4.69) is 64.2 Å². The zero-order valence-corrected chi connectivity index (χ0v) is 20.4. The van der Waals surface area contributed by atoms with E-state index in [1.807, 2.05) is 24.3 Å². The Bertz CT molecular complexity index is 946. The summed E-state index contributed by atoms with van der Waals surface area (Å²) in [4.78, 5) is 13.5. The number of halogens is 1. The molecule has 4 rings (SSSR count). The highest BCUT2D eigenvalue weighted by molar-refractivity contribution is 6.30. The molecule has 2 aliphatic carbocycles. The van der Waals surface area contributed by atoms with Crippen LogP contribution in [0.25, 0.3) is 0 Å². The number of hydrogen-bond acceptors (Lipinski definition) is 1. The van der Waals surface area contributed by atoms with Gasteiger partial charge in [-0.2, -0.15) is 0 Å². The molecule has 2 aromatic carbocycles. The zero-order valence-electron chi connectivity index (χ0n) is 19.6. The first kappa shape index (κ1) is 22.4. The Balaban J connectivity index is 1.67. The molecule has 1 N–H and O–H groups in total. The second kappa shape index (κ2) is 7.96. The molecule has 0 radical (unpaired) electrons. The average Bonchev–Trinajstić information content (AvgIpc) is 3.09. The smallest absolute Gasteiger partial charge is 0.221 e. The number of fused-ring (bicyclic) bond motifs is 2. The van der Waals surface area contributed by atoms with Crippen LogP contribution in [0.2, 0.25) is 5.02 Å². The van der Waals surface area contributed by atoms with Gasteiger partial charge in [0.2, 0.25) is 5.91 Å². The van der Waals surface area contributed by atoms with Gasteiger partial charge in [0, 0.05) is 11.4 Å². The van der Waals surface area contributed by atoms with Gasteiger partial charge in [-0.15, -0.1) is 0 Å². The van der Waals surface area contributed by atoms with E-state index in [-0.39, 0.29) is 28.2 Å². The maximum absolute atomic E-state index is 13.5. The molecule has 2 bridgehead atoms. The van der Waals surface area contributed by atoms with E-state index in [9.17, 15) is 4.79 Å². The Kier molecular flexibility index (Phi) is 5.75. The SMILES string of the molecule is CC(C)(C)c1ccccc1C(NC(=O)CC12CCC(CC1)C2(C)C)c1ccc(Cl)cc1. The van der Waals surface area contributed by atoms with Gasteiger partial charge in [0.15, 0.2) is 0 Å². The monoisotopic (exact) mass is 437 g/mol. The fourth-order valence-electron chi connectivity index (χ4n) is 6.32. The molecule has 166 valence electrons. The number of rotatable bonds is 5. The highest BCUT2D eigenvalue weighted by Crippen LogP contribution is 2.67. The first-order chi connectivity index (χ1) is 14.5. The molecule has 2 aliphatic rings. The molecular formula is C28H36ClNO. The Hall–Kier alpha value is -1.80. The molecule has 3 heteroatoms. The third kappa shape index (κ3) is 4.04. The van der Waals surface area contributed by atoms with Crippen LogP contribution in [0, 0.1) is 16.7 Å². The molecule has 2 saturated carbocycles. The van der Waals surface area contributed by atoms with E-state index >= 15 is 0 Å². The van der Waals surface area contributed by atoms with Gasteiger partial charge in [-0.3, -0.25) is 4.79 Å². The third-order valence-corrected chi connectivity index (χ3v) is 8.67. The number of hydrogen-bond donors (Lipinski definition) is 1. The van der Waals surface area contributed by atoms with Crippen molar-refractivity contribution in [3.05, 3.63) is 70.2 Å². The predicted molar refractivity (Wildman–Crippen MR) is 129 cm³/mol. The standard InChI is InChI=1S/C28H36ClNO/c1-26(2,3)23-9-7-6-8-22(23)25(19-10-12-21(29)13-11-19)30-24(31)18-28-16-14-20(15-17-28)27(28,4)5/h6-13,20,25H,14-18H2,1-5H3,(H,30,31). The molecule has 1 atom stereocenters. The molecule has 2 nitrogen and oxygen atoms in total. The summed E-state index contributed by atoms with van der Waals surface area (Å²) < 4.78 is 0. The second-order valence-corrected chi connectivity index (χ2v) is 11.8. The van der Waals surface area contributed by atoms with Crippen molar-refractivity contribution in [2.24, 2.45) is 16.7 Å². The van der Waals surface area contributed by atoms with Gasteiger partial charge in [0.1, 0.15) is 0 Å². The number of nitrogens with one attached hydrogen (secondary N) is 1. The Morgan fingerprint density at radius 2 is 1.68 bits per heavy atom. The Morgan fingerprint density at radius 1 is 1.06 bits per heavy atom. The van der Waals surface area contributed by atoms with Crippen LogP contribution in [0.15, 0.2) is 48.5 Å². The maximum Gasteiger partial charge on any atom is 0.221 e. The van der Waals surface area contributed by atoms with Crippen LogP contribution >= 0.6 is 11.6 Å². The second-order valence-electron chi connectivity index (χ2n) is 11.3. The lowest BCUT2D eigenvalue weighted by Gasteiger charge is -2.38. The normalized spacial score (nSPS) is 25.4. The molecule has 1 amide bonds. The van der Waals surface area contributed by atoms with Gasteiger partial charge >= 0.3 is 0 Å². The molecule has 0 aromatic heterocycles. The van der Waals surface area contributed by atoms with Crippen LogP contribution in [0.5, 0.6) is 0 Å². The number of carbonyl (C=O) groups is 1. The van der Waals surface area contributed by atoms with Crippen molar-refractivity contribution in [3.63, 3.8) is 0 Å². The van der Waals surface area contributed by atoms with Gasteiger partial charge in [-0.25, -0.2) is 0 Å². The minimum atomic E-state index is -0.182. The van der Waals surface area contributed by atoms with Crippen molar-refractivity contribution in [3.8, 4) is 0 Å². The summed E-state index contributed by atoms with van der Waals surface area (Å²) in [6.07, 6.45) is 5.53. The van der Waals surface area contributed by atoms with E-state index in [4.69, 9.17) is 11.6 Å². The Labute approximate surface area is 192 Å². The Morgan fingerprint density at radius 3 is 2.23 bits per heavy atom. The molecule has 0 spiro atoms. The summed E-state index contributed by atoms with van der Waals surface area (Å²) in [5, 5.41) is 4.15. The van der Waals surface area contributed by atoms with Crippen molar-refractivity contribution in [1.29, 1.82) is 0 Å². The van der Waals surface area contributed by atoms with Gasteiger partial charge in [0.05, 0.1) is 6.04 Å². The molecule has 1 unspecified atom stereocenters. The van der Waals surface area contributed by atoms with E-state index in [1.165, 1.54) is 31.2 Å². The van der Waals surface area contributed by atoms with Gasteiger partial charge in [-0.05, 0) is 76.7 Å². The average molecular weight is 438 g/mol. The van der Waals surface area contributed by atoms with Crippen molar-refractivity contribution in [1.82, 2.24) is 5.32 Å². The molecule has 2 aromatic rings. The quantitative estimate of drug-likeness (QED) is 0.517. The van der Waals surface area contributed by atoms with Crippen LogP contribution in [0.1, 0.15) is 89.5 Å². The van der Waals surface area contributed by atoms with E-state index in [0.29, 0.717) is 11.4 Å². The maximum atomic E-state index is 13.5. The first-order valence-corrected chi connectivity index (χ1v) is 12.1. The summed E-state index contributed by atoms with van der Waals surface area (Å²) in [6, 6.07) is 16.2. The summed E-state index contributed by atoms with van der Waals surface area (Å²) in [5.41, 5.74) is 3.88. The minimum absolute atomic E-state index is 0.0171. The van der Waals surface area contributed by atoms with E-state index < -0.39 is 0 Å². The lowest BCUT2D eigenvalue weighted by Crippen LogP contribution is -2.38. The van der Waals surface area contributed by atoms with Gasteiger partial charge in [0.25, 0.3) is 0 Å². The predicted octanol–water partition coefficient (Wildman–Crippen LogP) is 7.45. The summed E-state index contributed by atoms with van der Waals surface area (Å²) in [7, 11) is 0. The molecule has 31 heavy (non-hydrogen) atoms. The van der Waals surface area contributed by atoms with Crippen LogP contribution in [0.4, 0.5) is 0 Å². The molecule has 0 heterocycles. The van der Waals surface area contributed by atoms with Crippen LogP contribution in [-0.4, -0.2) is 5.91 Å². The summed E-state index contributed by atoms with van der Waals surface area (Å²) >= 11 is 6.17. The van der Waals surface area contributed by atoms with E-state index in [0.717, 1.165) is 17.0 Å². The lowest BCUT2D eigenvalue weighted by molar-refractivity contribution is -0.125. The van der Waals surface area contributed by atoms with Gasteiger partial charge < -0.3 is 5.32 Å². The first-order valence-electron chi connectivity index (χ1n) is 11.7. The van der Waals surface area contributed by atoms with Crippen molar-refractivity contribution in [2.75, 3.05) is 0 Å². The fraction of sp³-hybridized carbons (Fsp3) is 0.536. The van der Waals surface area contributed by atoms with Crippen LogP contribution in [0.3, 0.4) is 0 Å². The van der Waals surface area contributed by atoms with Crippen LogP contribution in [-0.2, 0) is 10.2 Å². The number of carbonyl (C=O) groups excluding carboxylic acids is 1. The van der Waals surface area contributed by atoms with Crippen LogP contribution < -0.4 is 5.32 Å². The summed E-state index contributed by atoms with van der Waals surface area (Å²) in [5.74, 6) is 0.938. The van der Waals surface area contributed by atoms with Crippen molar-refractivity contribution >= 4 is 17.5 Å². The lowest BCUT2D eigenvalue weighted by atomic mass is 9.67. The third-order valence-electron chi connectivity index (χ3n) is 8.42. The van der Waals surface area contributed by atoms with Crippen molar-refractivity contribution in [2.45, 2.75) is 78.2 Å². The molecule has 0 saturated heterocycles.